The maximum Gasteiger partial charge on any atom is 0.317 e. The minimum atomic E-state index is -0.0216. The zero-order chi connectivity index (χ0) is 20.6. The first-order valence-electron chi connectivity index (χ1n) is 10.6. The third-order valence-electron chi connectivity index (χ3n) is 5.68. The van der Waals surface area contributed by atoms with Gasteiger partial charge in [0.15, 0.2) is 0 Å². The molecule has 2 aliphatic heterocycles. The quantitative estimate of drug-likeness (QED) is 0.787. The number of carbonyl (C=O) groups is 2. The Morgan fingerprint density at radius 1 is 1.21 bits per heavy atom. The number of amides is 3. The molecule has 0 bridgehead atoms. The molecule has 0 radical (unpaired) electrons. The summed E-state index contributed by atoms with van der Waals surface area (Å²) in [6.45, 7) is 5.40. The first-order chi connectivity index (χ1) is 14.1. The van der Waals surface area contributed by atoms with Crippen molar-refractivity contribution in [2.45, 2.75) is 51.1 Å². The van der Waals surface area contributed by atoms with Gasteiger partial charge in [0.05, 0.1) is 12.7 Å². The third kappa shape index (κ3) is 5.38. The number of ether oxygens (including phenoxy) is 2. The van der Waals surface area contributed by atoms with Gasteiger partial charge in [0.2, 0.25) is 5.88 Å². The molecule has 8 nitrogen and oxygen atoms in total. The molecule has 0 unspecified atom stereocenters. The van der Waals surface area contributed by atoms with Gasteiger partial charge in [0.25, 0.3) is 5.91 Å². The molecule has 160 valence electrons. The molecule has 1 aromatic rings. The van der Waals surface area contributed by atoms with Gasteiger partial charge in [-0.15, -0.1) is 0 Å². The van der Waals surface area contributed by atoms with Crippen LogP contribution in [-0.2, 0) is 4.74 Å². The van der Waals surface area contributed by atoms with E-state index in [1.54, 1.807) is 25.4 Å². The molecule has 0 aliphatic carbocycles. The lowest BCUT2D eigenvalue weighted by atomic mass is 9.98. The highest BCUT2D eigenvalue weighted by Crippen LogP contribution is 2.25. The smallest absolute Gasteiger partial charge is 0.317 e. The predicted molar refractivity (Wildman–Crippen MR) is 109 cm³/mol. The van der Waals surface area contributed by atoms with E-state index >= 15 is 0 Å². The van der Waals surface area contributed by atoms with Crippen LogP contribution in [0.5, 0.6) is 5.88 Å². The van der Waals surface area contributed by atoms with Crippen molar-refractivity contribution >= 4 is 11.9 Å². The molecule has 0 atom stereocenters. The van der Waals surface area contributed by atoms with E-state index < -0.39 is 0 Å². The summed E-state index contributed by atoms with van der Waals surface area (Å²) >= 11 is 0. The third-order valence-corrected chi connectivity index (χ3v) is 5.68. The van der Waals surface area contributed by atoms with Crippen molar-refractivity contribution in [1.29, 1.82) is 0 Å². The van der Waals surface area contributed by atoms with Gasteiger partial charge in [-0.2, -0.15) is 0 Å². The first-order valence-corrected chi connectivity index (χ1v) is 10.6. The Morgan fingerprint density at radius 3 is 2.48 bits per heavy atom. The van der Waals surface area contributed by atoms with Crippen LogP contribution in [0.3, 0.4) is 0 Å². The molecule has 2 fully saturated rings. The zero-order valence-corrected chi connectivity index (χ0v) is 17.4. The van der Waals surface area contributed by atoms with Crippen LogP contribution in [0.4, 0.5) is 4.79 Å². The fourth-order valence-corrected chi connectivity index (χ4v) is 4.07. The second-order valence-electron chi connectivity index (χ2n) is 7.60. The summed E-state index contributed by atoms with van der Waals surface area (Å²) in [6, 6.07) is 3.81. The van der Waals surface area contributed by atoms with Crippen LogP contribution in [0.1, 0.15) is 49.4 Å². The van der Waals surface area contributed by atoms with Gasteiger partial charge in [0, 0.05) is 57.2 Å². The molecule has 2 aliphatic rings. The maximum absolute atomic E-state index is 12.9. The van der Waals surface area contributed by atoms with E-state index in [-0.39, 0.29) is 24.0 Å². The second kappa shape index (κ2) is 10.4. The Labute approximate surface area is 172 Å². The van der Waals surface area contributed by atoms with Crippen molar-refractivity contribution < 1.29 is 19.1 Å². The molecule has 3 heterocycles. The standard InChI is InChI=1S/C21H32N4O4/c1-3-10-22-21(27)25(18-8-13-29-14-9-18)17-6-11-24(12-7-17)20(26)16-4-5-19(28-2)23-15-16/h4-5,15,17-18H,3,6-14H2,1-2H3,(H,22,27). The summed E-state index contributed by atoms with van der Waals surface area (Å²) in [6.07, 6.45) is 5.78. The van der Waals surface area contributed by atoms with E-state index in [9.17, 15) is 9.59 Å². The lowest BCUT2D eigenvalue weighted by Crippen LogP contribution is -2.56. The van der Waals surface area contributed by atoms with Gasteiger partial charge in [-0.05, 0) is 38.2 Å². The first kappa shape index (κ1) is 21.4. The number of rotatable bonds is 6. The molecular formula is C21H32N4O4. The molecule has 29 heavy (non-hydrogen) atoms. The fraction of sp³-hybridized carbons (Fsp3) is 0.667. The molecule has 8 heteroatoms. The number of carbonyl (C=O) groups excluding carboxylic acids is 2. The van der Waals surface area contributed by atoms with E-state index in [1.807, 2.05) is 9.80 Å². The molecule has 3 amide bonds. The minimum absolute atomic E-state index is 0.0166. The van der Waals surface area contributed by atoms with Crippen molar-refractivity contribution in [3.8, 4) is 5.88 Å². The minimum Gasteiger partial charge on any atom is -0.481 e. The summed E-state index contributed by atoms with van der Waals surface area (Å²) in [5.74, 6) is 0.470. The van der Waals surface area contributed by atoms with Crippen LogP contribution < -0.4 is 10.1 Å². The lowest BCUT2D eigenvalue weighted by Gasteiger charge is -2.43. The number of piperidine rings is 1. The van der Waals surface area contributed by atoms with E-state index in [4.69, 9.17) is 9.47 Å². The van der Waals surface area contributed by atoms with Crippen molar-refractivity contribution in [2.24, 2.45) is 0 Å². The van der Waals surface area contributed by atoms with E-state index in [2.05, 4.69) is 17.2 Å². The number of aromatic nitrogens is 1. The van der Waals surface area contributed by atoms with Crippen LogP contribution in [0, 0.1) is 0 Å². The van der Waals surface area contributed by atoms with E-state index in [0.717, 1.165) is 32.1 Å². The number of nitrogens with one attached hydrogen (secondary N) is 1. The highest BCUT2D eigenvalue weighted by molar-refractivity contribution is 5.94. The Kier molecular flexibility index (Phi) is 7.69. The largest absolute Gasteiger partial charge is 0.481 e. The van der Waals surface area contributed by atoms with Crippen LogP contribution in [-0.4, -0.2) is 78.8 Å². The number of nitrogens with zero attached hydrogens (tertiary/aromatic N) is 3. The zero-order valence-electron chi connectivity index (χ0n) is 17.4. The Balaban J connectivity index is 1.62. The Bertz CT molecular complexity index is 668. The normalized spacial score (nSPS) is 18.3. The average molecular weight is 405 g/mol. The number of urea groups is 1. The summed E-state index contributed by atoms with van der Waals surface area (Å²) in [5, 5.41) is 3.04. The monoisotopic (exact) mass is 404 g/mol. The predicted octanol–water partition coefficient (Wildman–Crippen LogP) is 2.30. The molecule has 0 aromatic carbocycles. The lowest BCUT2D eigenvalue weighted by molar-refractivity contribution is 0.0209. The molecule has 2 saturated heterocycles. The highest BCUT2D eigenvalue weighted by Gasteiger charge is 2.35. The Hall–Kier alpha value is -2.35. The summed E-state index contributed by atoms with van der Waals surface area (Å²) in [4.78, 5) is 33.7. The summed E-state index contributed by atoms with van der Waals surface area (Å²) in [7, 11) is 1.55. The summed E-state index contributed by atoms with van der Waals surface area (Å²) < 4.78 is 10.5. The number of likely N-dealkylation sites (tertiary alicyclic amines) is 1. The second-order valence-corrected chi connectivity index (χ2v) is 7.60. The number of hydrogen-bond donors (Lipinski definition) is 1. The number of hydrogen-bond acceptors (Lipinski definition) is 5. The van der Waals surface area contributed by atoms with Gasteiger partial charge in [0.1, 0.15) is 0 Å². The van der Waals surface area contributed by atoms with Gasteiger partial charge in [-0.1, -0.05) is 6.92 Å². The van der Waals surface area contributed by atoms with Crippen molar-refractivity contribution in [2.75, 3.05) is 40.0 Å². The van der Waals surface area contributed by atoms with Crippen LogP contribution in [0.25, 0.3) is 0 Å². The Morgan fingerprint density at radius 2 is 1.90 bits per heavy atom. The van der Waals surface area contributed by atoms with Crippen molar-refractivity contribution in [3.05, 3.63) is 23.9 Å². The molecule has 1 aromatic heterocycles. The van der Waals surface area contributed by atoms with Gasteiger partial charge in [-0.3, -0.25) is 4.79 Å². The van der Waals surface area contributed by atoms with Crippen LogP contribution in [0.15, 0.2) is 18.3 Å². The van der Waals surface area contributed by atoms with E-state index in [0.29, 0.717) is 44.3 Å². The maximum atomic E-state index is 12.9. The average Bonchev–Trinajstić information content (AvgIpc) is 2.78. The summed E-state index contributed by atoms with van der Waals surface area (Å²) in [5.41, 5.74) is 0.561. The molecular weight excluding hydrogens is 372 g/mol. The fourth-order valence-electron chi connectivity index (χ4n) is 4.07. The van der Waals surface area contributed by atoms with Gasteiger partial charge in [-0.25, -0.2) is 9.78 Å². The highest BCUT2D eigenvalue weighted by atomic mass is 16.5. The number of methoxy groups -OCH3 is 1. The number of pyridine rings is 1. The van der Waals surface area contributed by atoms with E-state index in [1.165, 1.54) is 0 Å². The molecule has 1 N–H and O–H groups in total. The van der Waals surface area contributed by atoms with Gasteiger partial charge < -0.3 is 24.6 Å². The molecule has 3 rings (SSSR count). The molecule has 0 saturated carbocycles. The van der Waals surface area contributed by atoms with Crippen LogP contribution in [0.2, 0.25) is 0 Å². The van der Waals surface area contributed by atoms with Crippen molar-refractivity contribution in [3.63, 3.8) is 0 Å². The van der Waals surface area contributed by atoms with Crippen molar-refractivity contribution in [1.82, 2.24) is 20.1 Å². The topological polar surface area (TPSA) is 84.0 Å². The SMILES string of the molecule is CCCNC(=O)N(C1CCOCC1)C1CCN(C(=O)c2ccc(OC)nc2)CC1. The molecule has 0 spiro atoms. The van der Waals surface area contributed by atoms with Gasteiger partial charge >= 0.3 is 6.03 Å². The van der Waals surface area contributed by atoms with Crippen LogP contribution >= 0.6 is 0 Å².